The Balaban J connectivity index is 2.00. The van der Waals surface area contributed by atoms with Crippen molar-refractivity contribution >= 4 is 22.8 Å². The molecule has 1 amide bonds. The fourth-order valence-corrected chi connectivity index (χ4v) is 2.94. The predicted molar refractivity (Wildman–Crippen MR) is 98.8 cm³/mol. The van der Waals surface area contributed by atoms with Crippen LogP contribution in [0.25, 0.3) is 11.0 Å². The Hall–Kier alpha value is -2.72. The van der Waals surface area contributed by atoms with Gasteiger partial charge in [0.2, 0.25) is 5.91 Å². The third-order valence-corrected chi connectivity index (χ3v) is 4.38. The largest absolute Gasteiger partial charge is 0.378 e. The van der Waals surface area contributed by atoms with Crippen LogP contribution in [0.1, 0.15) is 31.4 Å². The Labute approximate surface area is 153 Å². The molecule has 0 unspecified atom stereocenters. The number of benzene rings is 1. The SMILES string of the molecule is CCCCNC(=O)[C@@H](C#N)c1nc2ccccc2nc1N1CCOCC1. The summed E-state index contributed by atoms with van der Waals surface area (Å²) in [4.78, 5) is 24.0. The summed E-state index contributed by atoms with van der Waals surface area (Å²) in [6.07, 6.45) is 1.86. The van der Waals surface area contributed by atoms with Gasteiger partial charge >= 0.3 is 0 Å². The number of aromatic nitrogens is 2. The van der Waals surface area contributed by atoms with Crippen LogP contribution < -0.4 is 10.2 Å². The Morgan fingerprint density at radius 3 is 2.65 bits per heavy atom. The molecule has 7 heteroatoms. The lowest BCUT2D eigenvalue weighted by Crippen LogP contribution is -2.39. The lowest BCUT2D eigenvalue weighted by Gasteiger charge is -2.29. The van der Waals surface area contributed by atoms with Crippen molar-refractivity contribution in [1.82, 2.24) is 15.3 Å². The summed E-state index contributed by atoms with van der Waals surface area (Å²) in [6, 6.07) is 9.62. The standard InChI is InChI=1S/C19H23N5O2/c1-2-3-8-21-19(25)14(13-20)17-18(24-9-11-26-12-10-24)23-16-7-5-4-6-15(16)22-17/h4-7,14H,2-3,8-12H2,1H3,(H,21,25)/t14-/m0/s1. The maximum absolute atomic E-state index is 12.6. The van der Waals surface area contributed by atoms with Gasteiger partial charge in [0.1, 0.15) is 5.69 Å². The number of hydrogen-bond donors (Lipinski definition) is 1. The van der Waals surface area contributed by atoms with Gasteiger partial charge in [0.25, 0.3) is 0 Å². The van der Waals surface area contributed by atoms with E-state index in [0.717, 1.165) is 18.4 Å². The van der Waals surface area contributed by atoms with Gasteiger partial charge in [-0.15, -0.1) is 0 Å². The Bertz CT molecular complexity index is 811. The fourth-order valence-electron chi connectivity index (χ4n) is 2.94. The summed E-state index contributed by atoms with van der Waals surface area (Å²) in [5.41, 5.74) is 1.85. The predicted octanol–water partition coefficient (Wildman–Crippen LogP) is 1.99. The Morgan fingerprint density at radius 1 is 1.31 bits per heavy atom. The summed E-state index contributed by atoms with van der Waals surface area (Å²) in [7, 11) is 0. The molecule has 0 radical (unpaired) electrons. The van der Waals surface area contributed by atoms with Crippen molar-refractivity contribution in [1.29, 1.82) is 5.26 Å². The van der Waals surface area contributed by atoms with Crippen LogP contribution in [-0.4, -0.2) is 48.7 Å². The second-order valence-electron chi connectivity index (χ2n) is 6.23. The van der Waals surface area contributed by atoms with Crippen molar-refractivity contribution in [3.05, 3.63) is 30.0 Å². The molecule has 0 bridgehead atoms. The van der Waals surface area contributed by atoms with Crippen molar-refractivity contribution in [2.75, 3.05) is 37.7 Å². The van der Waals surface area contributed by atoms with Crippen LogP contribution in [0.4, 0.5) is 5.82 Å². The second kappa shape index (κ2) is 8.59. The van der Waals surface area contributed by atoms with E-state index in [4.69, 9.17) is 9.72 Å². The highest BCUT2D eigenvalue weighted by Gasteiger charge is 2.29. The van der Waals surface area contributed by atoms with Crippen LogP contribution in [0.3, 0.4) is 0 Å². The highest BCUT2D eigenvalue weighted by Crippen LogP contribution is 2.27. The summed E-state index contributed by atoms with van der Waals surface area (Å²) in [5.74, 6) is -0.703. The van der Waals surface area contributed by atoms with E-state index in [1.165, 1.54) is 0 Å². The number of anilines is 1. The molecule has 1 atom stereocenters. The van der Waals surface area contributed by atoms with Gasteiger partial charge in [0, 0.05) is 19.6 Å². The van der Waals surface area contributed by atoms with Crippen LogP contribution in [0.15, 0.2) is 24.3 Å². The number of amides is 1. The number of nitrogens with one attached hydrogen (secondary N) is 1. The maximum atomic E-state index is 12.6. The molecule has 1 saturated heterocycles. The number of para-hydroxylation sites is 2. The minimum atomic E-state index is -0.984. The molecule has 1 aliphatic rings. The normalized spacial score (nSPS) is 15.5. The van der Waals surface area contributed by atoms with E-state index >= 15 is 0 Å². The van der Waals surface area contributed by atoms with Crippen molar-refractivity contribution in [2.45, 2.75) is 25.7 Å². The molecule has 1 fully saturated rings. The van der Waals surface area contributed by atoms with Crippen LogP contribution >= 0.6 is 0 Å². The van der Waals surface area contributed by atoms with Crippen LogP contribution in [-0.2, 0) is 9.53 Å². The van der Waals surface area contributed by atoms with Gasteiger partial charge in [0.15, 0.2) is 11.7 Å². The molecule has 2 aromatic rings. The van der Waals surface area contributed by atoms with Crippen molar-refractivity contribution in [2.24, 2.45) is 0 Å². The molecule has 3 rings (SSSR count). The zero-order valence-corrected chi connectivity index (χ0v) is 14.9. The molecule has 7 nitrogen and oxygen atoms in total. The zero-order valence-electron chi connectivity index (χ0n) is 14.9. The molecule has 0 spiro atoms. The number of unbranched alkanes of at least 4 members (excludes halogenated alkanes) is 1. The average Bonchev–Trinajstić information content (AvgIpc) is 2.69. The first-order valence-electron chi connectivity index (χ1n) is 9.01. The third kappa shape index (κ3) is 3.92. The number of ether oxygens (including phenoxy) is 1. The van der Waals surface area contributed by atoms with Crippen LogP contribution in [0, 0.1) is 11.3 Å². The first kappa shape index (κ1) is 18.1. The van der Waals surface area contributed by atoms with E-state index < -0.39 is 5.92 Å². The number of hydrogen-bond acceptors (Lipinski definition) is 6. The minimum Gasteiger partial charge on any atom is -0.378 e. The monoisotopic (exact) mass is 353 g/mol. The number of nitriles is 1. The highest BCUT2D eigenvalue weighted by molar-refractivity contribution is 5.88. The molecular weight excluding hydrogens is 330 g/mol. The van der Waals surface area contributed by atoms with Gasteiger partial charge in [-0.3, -0.25) is 4.79 Å². The Morgan fingerprint density at radius 2 is 2.00 bits per heavy atom. The molecule has 136 valence electrons. The van der Waals surface area contributed by atoms with E-state index in [-0.39, 0.29) is 5.91 Å². The van der Waals surface area contributed by atoms with Crippen molar-refractivity contribution in [3.63, 3.8) is 0 Å². The molecule has 0 saturated carbocycles. The third-order valence-electron chi connectivity index (χ3n) is 4.38. The first-order valence-corrected chi connectivity index (χ1v) is 9.01. The molecule has 1 aliphatic heterocycles. The zero-order chi connectivity index (χ0) is 18.4. The summed E-state index contributed by atoms with van der Waals surface area (Å²) in [6.45, 7) is 5.12. The van der Waals surface area contributed by atoms with E-state index in [2.05, 4.69) is 23.3 Å². The topological polar surface area (TPSA) is 91.1 Å². The quantitative estimate of drug-likeness (QED) is 0.799. The van der Waals surface area contributed by atoms with Gasteiger partial charge in [-0.05, 0) is 18.6 Å². The molecule has 1 N–H and O–H groups in total. The highest BCUT2D eigenvalue weighted by atomic mass is 16.5. The average molecular weight is 353 g/mol. The smallest absolute Gasteiger partial charge is 0.243 e. The number of carbonyl (C=O) groups is 1. The second-order valence-corrected chi connectivity index (χ2v) is 6.23. The number of nitrogens with zero attached hydrogens (tertiary/aromatic N) is 4. The number of fused-ring (bicyclic) bond motifs is 1. The lowest BCUT2D eigenvalue weighted by atomic mass is 10.0. The van der Waals surface area contributed by atoms with E-state index in [1.807, 2.05) is 29.2 Å². The number of carbonyl (C=O) groups excluding carboxylic acids is 1. The van der Waals surface area contributed by atoms with Gasteiger partial charge in [-0.1, -0.05) is 25.5 Å². The molecule has 1 aromatic carbocycles. The molecule has 2 heterocycles. The van der Waals surface area contributed by atoms with E-state index in [9.17, 15) is 10.1 Å². The van der Waals surface area contributed by atoms with Gasteiger partial charge in [-0.2, -0.15) is 5.26 Å². The fraction of sp³-hybridized carbons (Fsp3) is 0.474. The van der Waals surface area contributed by atoms with Crippen molar-refractivity contribution in [3.8, 4) is 6.07 Å². The summed E-state index contributed by atoms with van der Waals surface area (Å²) < 4.78 is 5.41. The minimum absolute atomic E-state index is 0.319. The van der Waals surface area contributed by atoms with Gasteiger partial charge in [-0.25, -0.2) is 9.97 Å². The Kier molecular flexibility index (Phi) is 5.97. The first-order chi connectivity index (χ1) is 12.7. The molecule has 1 aromatic heterocycles. The molecular formula is C19H23N5O2. The van der Waals surface area contributed by atoms with Gasteiger partial charge < -0.3 is 15.0 Å². The van der Waals surface area contributed by atoms with Gasteiger partial charge in [0.05, 0.1) is 30.3 Å². The summed E-state index contributed by atoms with van der Waals surface area (Å²) in [5, 5.41) is 12.5. The maximum Gasteiger partial charge on any atom is 0.243 e. The van der Waals surface area contributed by atoms with E-state index in [0.29, 0.717) is 49.9 Å². The molecule has 26 heavy (non-hydrogen) atoms. The number of morpholine rings is 1. The van der Waals surface area contributed by atoms with E-state index in [1.54, 1.807) is 0 Å². The molecule has 0 aliphatic carbocycles. The van der Waals surface area contributed by atoms with Crippen LogP contribution in [0.2, 0.25) is 0 Å². The summed E-state index contributed by atoms with van der Waals surface area (Å²) >= 11 is 0. The lowest BCUT2D eigenvalue weighted by molar-refractivity contribution is -0.121. The number of rotatable bonds is 6. The van der Waals surface area contributed by atoms with Crippen LogP contribution in [0.5, 0.6) is 0 Å². The van der Waals surface area contributed by atoms with Crippen molar-refractivity contribution < 1.29 is 9.53 Å².